The number of phenols is 2. The monoisotopic (exact) mass is 465 g/mol. The summed E-state index contributed by atoms with van der Waals surface area (Å²) in [5.41, 5.74) is 3.27. The number of aromatic nitrogens is 1. The summed E-state index contributed by atoms with van der Waals surface area (Å²) in [5.74, 6) is 0.539. The fraction of sp³-hybridized carbons (Fsp3) is 0.385. The molecule has 0 radical (unpaired) electrons. The van der Waals surface area contributed by atoms with Gasteiger partial charge in [0, 0.05) is 56.0 Å². The normalized spacial score (nSPS) is 14.5. The highest BCUT2D eigenvalue weighted by atomic mass is 16.5. The van der Waals surface area contributed by atoms with E-state index in [-0.39, 0.29) is 23.3 Å². The van der Waals surface area contributed by atoms with Gasteiger partial charge in [0.25, 0.3) is 0 Å². The molecule has 4 rings (SSSR count). The zero-order chi connectivity index (χ0) is 24.2. The van der Waals surface area contributed by atoms with E-state index in [0.29, 0.717) is 23.6 Å². The van der Waals surface area contributed by atoms with E-state index in [1.54, 1.807) is 17.9 Å². The number of ether oxygens (including phenoxy) is 1. The molecular weight excluding hydrogens is 434 g/mol. The van der Waals surface area contributed by atoms with E-state index in [0.717, 1.165) is 49.7 Å². The highest BCUT2D eigenvalue weighted by Crippen LogP contribution is 2.41. The zero-order valence-corrected chi connectivity index (χ0v) is 19.8. The molecule has 1 fully saturated rings. The Bertz CT molecular complexity index is 1130. The average Bonchev–Trinajstić information content (AvgIpc) is 3.29. The first-order chi connectivity index (χ1) is 16.3. The predicted molar refractivity (Wildman–Crippen MR) is 130 cm³/mol. The van der Waals surface area contributed by atoms with Gasteiger partial charge in [-0.15, -0.1) is 0 Å². The van der Waals surface area contributed by atoms with Crippen molar-refractivity contribution in [3.05, 3.63) is 48.4 Å². The SMILES string of the molecule is CC(=O)N(CCN1CCOCC1)c1ccc(-c2ocnc2-c2cc(C(C)C)c(O)cc2O)cc1. The van der Waals surface area contributed by atoms with Crippen LogP contribution in [0.3, 0.4) is 0 Å². The molecule has 34 heavy (non-hydrogen) atoms. The van der Waals surface area contributed by atoms with E-state index in [4.69, 9.17) is 9.15 Å². The maximum Gasteiger partial charge on any atom is 0.223 e. The second-order valence-electron chi connectivity index (χ2n) is 8.78. The fourth-order valence-electron chi connectivity index (χ4n) is 4.22. The van der Waals surface area contributed by atoms with Crippen LogP contribution in [-0.2, 0) is 9.53 Å². The summed E-state index contributed by atoms with van der Waals surface area (Å²) in [6.45, 7) is 10.1. The number of rotatable bonds is 7. The third kappa shape index (κ3) is 5.08. The van der Waals surface area contributed by atoms with Crippen LogP contribution in [0.1, 0.15) is 32.3 Å². The largest absolute Gasteiger partial charge is 0.508 e. The van der Waals surface area contributed by atoms with Crippen LogP contribution in [0.5, 0.6) is 11.5 Å². The highest BCUT2D eigenvalue weighted by Gasteiger charge is 2.21. The second-order valence-corrected chi connectivity index (χ2v) is 8.78. The Hall–Kier alpha value is -3.36. The number of nitrogens with zero attached hydrogens (tertiary/aromatic N) is 3. The molecule has 0 atom stereocenters. The molecule has 1 aliphatic heterocycles. The Morgan fingerprint density at radius 2 is 1.82 bits per heavy atom. The van der Waals surface area contributed by atoms with Gasteiger partial charge in [0.05, 0.1) is 13.2 Å². The number of amides is 1. The number of anilines is 1. The third-order valence-electron chi connectivity index (χ3n) is 6.15. The molecule has 0 aliphatic carbocycles. The molecule has 0 saturated carbocycles. The van der Waals surface area contributed by atoms with Gasteiger partial charge in [0.15, 0.2) is 12.2 Å². The van der Waals surface area contributed by atoms with Gasteiger partial charge < -0.3 is 24.3 Å². The van der Waals surface area contributed by atoms with Crippen molar-refractivity contribution in [1.29, 1.82) is 0 Å². The lowest BCUT2D eigenvalue weighted by Gasteiger charge is -2.29. The summed E-state index contributed by atoms with van der Waals surface area (Å²) >= 11 is 0. The van der Waals surface area contributed by atoms with E-state index < -0.39 is 0 Å². The summed E-state index contributed by atoms with van der Waals surface area (Å²) < 4.78 is 11.1. The first kappa shape index (κ1) is 23.8. The van der Waals surface area contributed by atoms with E-state index in [1.165, 1.54) is 12.5 Å². The topological polar surface area (TPSA) is 99.3 Å². The number of hydrogen-bond acceptors (Lipinski definition) is 7. The minimum atomic E-state index is -0.0699. The van der Waals surface area contributed by atoms with E-state index in [1.807, 2.05) is 38.1 Å². The lowest BCUT2D eigenvalue weighted by atomic mass is 9.96. The number of carbonyl (C=O) groups is 1. The molecule has 1 aliphatic rings. The van der Waals surface area contributed by atoms with Crippen molar-refractivity contribution in [3.8, 4) is 34.1 Å². The minimum Gasteiger partial charge on any atom is -0.508 e. The molecule has 2 heterocycles. The van der Waals surface area contributed by atoms with Crippen molar-refractivity contribution in [2.45, 2.75) is 26.7 Å². The van der Waals surface area contributed by atoms with Gasteiger partial charge in [-0.3, -0.25) is 9.69 Å². The molecule has 180 valence electrons. The summed E-state index contributed by atoms with van der Waals surface area (Å²) in [7, 11) is 0. The van der Waals surface area contributed by atoms with Gasteiger partial charge in [-0.1, -0.05) is 13.8 Å². The average molecular weight is 466 g/mol. The quantitative estimate of drug-likeness (QED) is 0.539. The fourth-order valence-corrected chi connectivity index (χ4v) is 4.22. The minimum absolute atomic E-state index is 0.0170. The standard InChI is InChI=1S/C26H31N3O5/c1-17(2)21-14-22(24(32)15-23(21)31)25-26(34-16-27-25)19-4-6-20(7-5-19)29(18(3)30)9-8-28-10-12-33-13-11-28/h4-7,14-17,31-32H,8-13H2,1-3H3. The van der Waals surface area contributed by atoms with E-state index in [2.05, 4.69) is 9.88 Å². The summed E-state index contributed by atoms with van der Waals surface area (Å²) in [5, 5.41) is 20.7. The summed E-state index contributed by atoms with van der Waals surface area (Å²) in [6.07, 6.45) is 1.34. The number of morpholine rings is 1. The second kappa shape index (κ2) is 10.3. The van der Waals surface area contributed by atoms with Crippen molar-refractivity contribution in [2.75, 3.05) is 44.3 Å². The van der Waals surface area contributed by atoms with Crippen molar-refractivity contribution in [1.82, 2.24) is 9.88 Å². The summed E-state index contributed by atoms with van der Waals surface area (Å²) in [6, 6.07) is 10.6. The molecule has 8 nitrogen and oxygen atoms in total. The van der Waals surface area contributed by atoms with Crippen LogP contribution in [-0.4, -0.2) is 65.4 Å². The van der Waals surface area contributed by atoms with Crippen LogP contribution in [0.15, 0.2) is 47.2 Å². The Morgan fingerprint density at radius 1 is 1.12 bits per heavy atom. The number of oxazole rings is 1. The molecule has 0 bridgehead atoms. The Kier molecular flexibility index (Phi) is 7.19. The van der Waals surface area contributed by atoms with Crippen LogP contribution >= 0.6 is 0 Å². The Labute approximate surface area is 199 Å². The van der Waals surface area contributed by atoms with Crippen LogP contribution in [0.4, 0.5) is 5.69 Å². The van der Waals surface area contributed by atoms with Crippen molar-refractivity contribution in [2.24, 2.45) is 0 Å². The molecule has 2 N–H and O–H groups in total. The molecule has 1 aromatic heterocycles. The van der Waals surface area contributed by atoms with Gasteiger partial charge in [-0.25, -0.2) is 4.98 Å². The summed E-state index contributed by atoms with van der Waals surface area (Å²) in [4.78, 5) is 20.7. The van der Waals surface area contributed by atoms with Gasteiger partial charge in [-0.05, 0) is 41.8 Å². The Balaban J connectivity index is 1.58. The molecular formula is C26H31N3O5. The van der Waals surface area contributed by atoms with Crippen molar-refractivity contribution >= 4 is 11.6 Å². The Morgan fingerprint density at radius 3 is 2.47 bits per heavy atom. The van der Waals surface area contributed by atoms with Gasteiger partial charge in [-0.2, -0.15) is 0 Å². The molecule has 1 amide bonds. The number of hydrogen-bond donors (Lipinski definition) is 2. The molecule has 0 spiro atoms. The smallest absolute Gasteiger partial charge is 0.223 e. The first-order valence-electron chi connectivity index (χ1n) is 11.5. The molecule has 3 aromatic rings. The first-order valence-corrected chi connectivity index (χ1v) is 11.5. The van der Waals surface area contributed by atoms with E-state index >= 15 is 0 Å². The molecule has 8 heteroatoms. The highest BCUT2D eigenvalue weighted by molar-refractivity contribution is 5.92. The molecule has 1 saturated heterocycles. The van der Waals surface area contributed by atoms with E-state index in [9.17, 15) is 15.0 Å². The van der Waals surface area contributed by atoms with Gasteiger partial charge in [0.1, 0.15) is 17.2 Å². The maximum absolute atomic E-state index is 12.3. The van der Waals surface area contributed by atoms with Crippen LogP contribution in [0.25, 0.3) is 22.6 Å². The zero-order valence-electron chi connectivity index (χ0n) is 19.8. The van der Waals surface area contributed by atoms with Crippen LogP contribution < -0.4 is 4.90 Å². The predicted octanol–water partition coefficient (Wildman–Crippen LogP) is 4.23. The van der Waals surface area contributed by atoms with Gasteiger partial charge in [0.2, 0.25) is 5.91 Å². The molecule has 0 unspecified atom stereocenters. The number of phenolic OH excluding ortho intramolecular Hbond substituents is 2. The maximum atomic E-state index is 12.3. The third-order valence-corrected chi connectivity index (χ3v) is 6.15. The van der Waals surface area contributed by atoms with Crippen LogP contribution in [0, 0.1) is 0 Å². The van der Waals surface area contributed by atoms with Crippen LogP contribution in [0.2, 0.25) is 0 Å². The van der Waals surface area contributed by atoms with Crippen molar-refractivity contribution in [3.63, 3.8) is 0 Å². The number of aromatic hydroxyl groups is 2. The lowest BCUT2D eigenvalue weighted by molar-refractivity contribution is -0.116. The van der Waals surface area contributed by atoms with Crippen molar-refractivity contribution < 1.29 is 24.2 Å². The number of carbonyl (C=O) groups excluding carboxylic acids is 1. The number of benzene rings is 2. The van der Waals surface area contributed by atoms with Gasteiger partial charge >= 0.3 is 0 Å². The molecule has 2 aromatic carbocycles. The lowest BCUT2D eigenvalue weighted by Crippen LogP contribution is -2.42.